The van der Waals surface area contributed by atoms with Gasteiger partial charge in [0.2, 0.25) is 5.91 Å². The minimum atomic E-state index is -0.742. The van der Waals surface area contributed by atoms with E-state index in [1.807, 2.05) is 0 Å². The maximum atomic E-state index is 12.9. The van der Waals surface area contributed by atoms with E-state index in [2.05, 4.69) is 19.2 Å². The summed E-state index contributed by atoms with van der Waals surface area (Å²) in [7, 11) is 0. The molecule has 1 fully saturated rings. The van der Waals surface area contributed by atoms with Gasteiger partial charge in [0.15, 0.2) is 0 Å². The number of carbonyl (C=O) groups is 3. The molecule has 1 rings (SSSR count). The van der Waals surface area contributed by atoms with Crippen molar-refractivity contribution >= 4 is 17.8 Å². The highest BCUT2D eigenvalue weighted by Crippen LogP contribution is 2.16. The van der Waals surface area contributed by atoms with Crippen LogP contribution in [0.1, 0.15) is 239 Å². The van der Waals surface area contributed by atoms with E-state index >= 15 is 0 Å². The minimum Gasteiger partial charge on any atom is -0.466 e. The van der Waals surface area contributed by atoms with Crippen LogP contribution >= 0.6 is 0 Å². The van der Waals surface area contributed by atoms with Gasteiger partial charge in [-0.3, -0.25) is 19.3 Å². The number of β-amino-alcohol motifs (C(OH)–C–C–N with tert-alkyl or cyclic N) is 2. The summed E-state index contributed by atoms with van der Waals surface area (Å²) in [5.41, 5.74) is 0. The monoisotopic (exact) mass is 809 g/mol. The summed E-state index contributed by atoms with van der Waals surface area (Å²) in [6.07, 6.45) is 39.7. The molecule has 336 valence electrons. The topological polar surface area (TPSA) is 125 Å². The molecule has 9 heteroatoms. The van der Waals surface area contributed by atoms with Gasteiger partial charge in [-0.1, -0.05) is 206 Å². The highest BCUT2D eigenvalue weighted by molar-refractivity contribution is 5.81. The molecule has 1 saturated heterocycles. The van der Waals surface area contributed by atoms with Gasteiger partial charge in [0.1, 0.15) is 0 Å². The average Bonchev–Trinajstić information content (AvgIpc) is 3.16. The van der Waals surface area contributed by atoms with Crippen molar-refractivity contribution in [2.24, 2.45) is 0 Å². The zero-order chi connectivity index (χ0) is 41.4. The summed E-state index contributed by atoms with van der Waals surface area (Å²) in [5.74, 6) is -1.23. The van der Waals surface area contributed by atoms with E-state index in [0.29, 0.717) is 13.2 Å². The predicted octanol–water partition coefficient (Wildman–Crippen LogP) is 11.3. The van der Waals surface area contributed by atoms with Crippen molar-refractivity contribution < 1.29 is 34.1 Å². The number of aliphatic hydroxyl groups is 2. The molecule has 1 amide bonds. The molecular formula is C48H92N2O7. The summed E-state index contributed by atoms with van der Waals surface area (Å²) >= 11 is 0. The van der Waals surface area contributed by atoms with Gasteiger partial charge < -0.3 is 25.0 Å². The van der Waals surface area contributed by atoms with E-state index < -0.39 is 30.2 Å². The maximum Gasteiger partial charge on any atom is 0.307 e. The Kier molecular flexibility index (Phi) is 37.2. The Labute approximate surface area is 350 Å². The van der Waals surface area contributed by atoms with Crippen LogP contribution in [-0.2, 0) is 23.9 Å². The highest BCUT2D eigenvalue weighted by atomic mass is 16.5. The molecule has 0 aromatic carbocycles. The van der Waals surface area contributed by atoms with E-state index in [4.69, 9.17) is 9.47 Å². The number of ether oxygens (including phenoxy) is 2. The number of unbranched alkanes of at least 4 members (excludes halogenated alkanes) is 30. The number of hydrogen-bond donors (Lipinski definition) is 3. The Morgan fingerprint density at radius 1 is 0.491 bits per heavy atom. The Morgan fingerprint density at radius 2 is 0.772 bits per heavy atom. The molecule has 57 heavy (non-hydrogen) atoms. The smallest absolute Gasteiger partial charge is 0.307 e. The zero-order valence-corrected chi connectivity index (χ0v) is 37.4. The summed E-state index contributed by atoms with van der Waals surface area (Å²) in [5, 5.41) is 22.8. The molecule has 0 aromatic heterocycles. The van der Waals surface area contributed by atoms with E-state index in [0.717, 1.165) is 38.5 Å². The molecular weight excluding hydrogens is 717 g/mol. The van der Waals surface area contributed by atoms with Crippen molar-refractivity contribution in [2.45, 2.75) is 257 Å². The van der Waals surface area contributed by atoms with Crippen LogP contribution in [0.4, 0.5) is 0 Å². The molecule has 0 aliphatic carbocycles. The number of rotatable bonds is 41. The Morgan fingerprint density at radius 3 is 1.07 bits per heavy atom. The molecule has 2 atom stereocenters. The molecule has 3 N–H and O–H groups in total. The van der Waals surface area contributed by atoms with Crippen molar-refractivity contribution in [2.75, 3.05) is 32.8 Å². The van der Waals surface area contributed by atoms with Crippen molar-refractivity contribution in [1.29, 1.82) is 0 Å². The molecule has 1 aliphatic rings. The van der Waals surface area contributed by atoms with Crippen LogP contribution in [0.25, 0.3) is 0 Å². The second-order valence-electron chi connectivity index (χ2n) is 17.5. The second kappa shape index (κ2) is 39.7. The first-order valence-electron chi connectivity index (χ1n) is 24.5. The Balaban J connectivity index is 2.22. The lowest BCUT2D eigenvalue weighted by Gasteiger charge is -2.33. The van der Waals surface area contributed by atoms with Crippen molar-refractivity contribution in [3.63, 3.8) is 0 Å². The molecule has 0 spiro atoms. The Bertz CT molecular complexity index is 872. The van der Waals surface area contributed by atoms with Gasteiger partial charge in [-0.25, -0.2) is 0 Å². The van der Waals surface area contributed by atoms with Crippen LogP contribution in [-0.4, -0.2) is 84.1 Å². The Hall–Kier alpha value is -1.71. The molecule has 0 radical (unpaired) electrons. The third-order valence-corrected chi connectivity index (χ3v) is 11.6. The molecule has 0 bridgehead atoms. The van der Waals surface area contributed by atoms with Crippen LogP contribution in [0.3, 0.4) is 0 Å². The molecule has 0 saturated carbocycles. The third kappa shape index (κ3) is 35.9. The third-order valence-electron chi connectivity index (χ3n) is 11.6. The first kappa shape index (κ1) is 53.3. The second-order valence-corrected chi connectivity index (χ2v) is 17.5. The molecule has 9 nitrogen and oxygen atoms in total. The van der Waals surface area contributed by atoms with E-state index in [9.17, 15) is 24.6 Å². The summed E-state index contributed by atoms with van der Waals surface area (Å²) in [6, 6.07) is -0.742. The van der Waals surface area contributed by atoms with Crippen LogP contribution < -0.4 is 5.32 Å². The summed E-state index contributed by atoms with van der Waals surface area (Å²) in [6.45, 7) is 5.76. The van der Waals surface area contributed by atoms with Crippen LogP contribution in [0.2, 0.25) is 0 Å². The van der Waals surface area contributed by atoms with Crippen LogP contribution in [0.5, 0.6) is 0 Å². The molecule has 1 heterocycles. The van der Waals surface area contributed by atoms with Gasteiger partial charge in [-0.15, -0.1) is 0 Å². The maximum absolute atomic E-state index is 12.9. The van der Waals surface area contributed by atoms with Gasteiger partial charge in [0.05, 0.1) is 44.8 Å². The van der Waals surface area contributed by atoms with Crippen LogP contribution in [0, 0.1) is 0 Å². The number of hydrogen-bond acceptors (Lipinski definition) is 8. The van der Waals surface area contributed by atoms with Gasteiger partial charge in [0, 0.05) is 25.6 Å². The van der Waals surface area contributed by atoms with Crippen molar-refractivity contribution in [1.82, 2.24) is 10.2 Å². The van der Waals surface area contributed by atoms with Gasteiger partial charge in [0.25, 0.3) is 0 Å². The number of likely N-dealkylation sites (tertiary alicyclic amines) is 1. The first-order valence-corrected chi connectivity index (χ1v) is 24.5. The first-order chi connectivity index (χ1) is 27.8. The number of nitrogens with zero attached hydrogens (tertiary/aromatic N) is 1. The zero-order valence-electron chi connectivity index (χ0n) is 37.4. The normalized spacial score (nSPS) is 15.9. The number of esters is 2. The minimum absolute atomic E-state index is 0.0346. The molecule has 2 unspecified atom stereocenters. The molecule has 1 aliphatic heterocycles. The number of carbonyl (C=O) groups excluding carboxylic acids is 3. The molecule has 0 aromatic rings. The van der Waals surface area contributed by atoms with E-state index in [1.165, 1.54) is 167 Å². The fourth-order valence-electron chi connectivity index (χ4n) is 8.11. The van der Waals surface area contributed by atoms with Gasteiger partial charge >= 0.3 is 11.9 Å². The lowest BCUT2D eigenvalue weighted by atomic mass is 10.0. The van der Waals surface area contributed by atoms with Crippen molar-refractivity contribution in [3.05, 3.63) is 0 Å². The summed E-state index contributed by atoms with van der Waals surface area (Å²) < 4.78 is 11.0. The number of piperidine rings is 1. The fraction of sp³-hybridized carbons (Fsp3) is 0.938. The lowest BCUT2D eigenvalue weighted by molar-refractivity contribution is -0.146. The number of nitrogens with one attached hydrogen (secondary N) is 1. The lowest BCUT2D eigenvalue weighted by Crippen LogP contribution is -2.50. The number of aliphatic hydroxyl groups excluding tert-OH is 2. The summed E-state index contributed by atoms with van der Waals surface area (Å²) in [4.78, 5) is 40.2. The van der Waals surface area contributed by atoms with E-state index in [-0.39, 0.29) is 44.8 Å². The standard InChI is InChI=1S/C48H92N2O7/c1-3-5-7-9-11-13-15-17-19-21-23-25-27-29-31-33-35-56-47(54)37-43(49-46(53)42-50-40-44(51)39-45(52)41-50)38-48(55)57-36-34-32-30-28-26-24-22-20-18-16-14-12-10-8-6-4-2/h43-45,51-52H,3-42H2,1-2H3,(H,49,53). The van der Waals surface area contributed by atoms with Crippen molar-refractivity contribution in [3.8, 4) is 0 Å². The fourth-order valence-corrected chi connectivity index (χ4v) is 8.11. The highest BCUT2D eigenvalue weighted by Gasteiger charge is 2.27. The average molecular weight is 809 g/mol. The predicted molar refractivity (Wildman–Crippen MR) is 235 cm³/mol. The van der Waals surface area contributed by atoms with E-state index in [1.54, 1.807) is 4.90 Å². The SMILES string of the molecule is CCCCCCCCCCCCCCCCCCOC(=O)CC(CC(=O)OCCCCCCCCCCCCCCCCCC)NC(=O)CN1CC(O)CC(O)C1. The van der Waals surface area contributed by atoms with Gasteiger partial charge in [-0.2, -0.15) is 0 Å². The van der Waals surface area contributed by atoms with Gasteiger partial charge in [-0.05, 0) is 12.8 Å². The quantitative estimate of drug-likeness (QED) is 0.0412. The number of amides is 1. The largest absolute Gasteiger partial charge is 0.466 e. The van der Waals surface area contributed by atoms with Crippen LogP contribution in [0.15, 0.2) is 0 Å².